The second-order valence-corrected chi connectivity index (χ2v) is 8.15. The topological polar surface area (TPSA) is 53.5 Å². The Kier molecular flexibility index (Phi) is 6.57. The third-order valence-electron chi connectivity index (χ3n) is 6.21. The van der Waals surface area contributed by atoms with Crippen LogP contribution in [0.3, 0.4) is 0 Å². The Morgan fingerprint density at radius 3 is 2.27 bits per heavy atom. The van der Waals surface area contributed by atoms with Gasteiger partial charge in [0.15, 0.2) is 5.78 Å². The predicted octanol–water partition coefficient (Wildman–Crippen LogP) is 4.22. The number of carbonyl (C=O) groups excluding carboxylic acids is 2. The molecular weight excluding hydrogens is 374 g/mol. The molecular formula is C25H29N3O2. The van der Waals surface area contributed by atoms with Crippen molar-refractivity contribution in [3.05, 3.63) is 71.9 Å². The average molecular weight is 404 g/mol. The van der Waals surface area contributed by atoms with Gasteiger partial charge < -0.3 is 9.80 Å². The molecule has 0 spiro atoms. The summed E-state index contributed by atoms with van der Waals surface area (Å²) in [5.41, 5.74) is 1.97. The third-order valence-corrected chi connectivity index (χ3v) is 6.21. The number of pyridine rings is 1. The number of hydrogen-bond donors (Lipinski definition) is 0. The number of aromatic nitrogens is 1. The van der Waals surface area contributed by atoms with Gasteiger partial charge in [-0.2, -0.15) is 0 Å². The van der Waals surface area contributed by atoms with E-state index >= 15 is 0 Å². The van der Waals surface area contributed by atoms with Crippen molar-refractivity contribution in [1.29, 1.82) is 0 Å². The number of carbonyl (C=O) groups is 2. The van der Waals surface area contributed by atoms with Crippen LogP contribution in [0, 0.1) is 0 Å². The van der Waals surface area contributed by atoms with Crippen LogP contribution in [0.4, 0.5) is 5.82 Å². The molecule has 0 bridgehead atoms. The van der Waals surface area contributed by atoms with E-state index in [1.165, 1.54) is 49.8 Å². The van der Waals surface area contributed by atoms with Gasteiger partial charge in [0, 0.05) is 44.0 Å². The highest BCUT2D eigenvalue weighted by atomic mass is 16.2. The van der Waals surface area contributed by atoms with E-state index < -0.39 is 0 Å². The van der Waals surface area contributed by atoms with Crippen molar-refractivity contribution in [3.8, 4) is 0 Å². The number of amides is 1. The fraction of sp³-hybridized carbons (Fsp3) is 0.400. The monoisotopic (exact) mass is 403 g/mol. The zero-order valence-electron chi connectivity index (χ0n) is 17.4. The first-order valence-electron chi connectivity index (χ1n) is 11.0. The number of nitrogens with zero attached hydrogens (tertiary/aromatic N) is 3. The highest BCUT2D eigenvalue weighted by Gasteiger charge is 2.20. The molecule has 5 heteroatoms. The molecule has 156 valence electrons. The largest absolute Gasteiger partial charge is 0.353 e. The lowest BCUT2D eigenvalue weighted by Crippen LogP contribution is -2.48. The van der Waals surface area contributed by atoms with Gasteiger partial charge in [-0.1, -0.05) is 49.6 Å². The van der Waals surface area contributed by atoms with Crippen LogP contribution in [0.25, 0.3) is 0 Å². The molecule has 1 saturated carbocycles. The van der Waals surface area contributed by atoms with Gasteiger partial charge in [-0.15, -0.1) is 0 Å². The molecule has 0 atom stereocenters. The molecule has 1 aliphatic carbocycles. The minimum absolute atomic E-state index is 0.108. The fourth-order valence-electron chi connectivity index (χ4n) is 4.40. The van der Waals surface area contributed by atoms with Gasteiger partial charge in [0.25, 0.3) is 0 Å². The van der Waals surface area contributed by atoms with Gasteiger partial charge in [-0.05, 0) is 42.5 Å². The van der Waals surface area contributed by atoms with E-state index in [4.69, 9.17) is 0 Å². The molecule has 1 saturated heterocycles. The van der Waals surface area contributed by atoms with Crippen LogP contribution in [-0.2, 0) is 4.79 Å². The Hall–Kier alpha value is -2.95. The number of allylic oxidation sites excluding steroid dienone is 1. The summed E-state index contributed by atoms with van der Waals surface area (Å²) in [5, 5.41) is 0. The number of anilines is 1. The van der Waals surface area contributed by atoms with Crippen LogP contribution < -0.4 is 4.90 Å². The molecule has 0 unspecified atom stereocenters. The Bertz CT molecular complexity index is 878. The molecule has 0 N–H and O–H groups in total. The minimum atomic E-state index is -0.120. The Morgan fingerprint density at radius 2 is 1.60 bits per heavy atom. The summed E-state index contributed by atoms with van der Waals surface area (Å²) >= 11 is 0. The van der Waals surface area contributed by atoms with Gasteiger partial charge in [0.05, 0.1) is 0 Å². The first kappa shape index (κ1) is 20.3. The number of hydrogen-bond acceptors (Lipinski definition) is 4. The first-order chi connectivity index (χ1) is 14.7. The van der Waals surface area contributed by atoms with Crippen molar-refractivity contribution in [2.24, 2.45) is 0 Å². The van der Waals surface area contributed by atoms with Crippen molar-refractivity contribution < 1.29 is 9.59 Å². The summed E-state index contributed by atoms with van der Waals surface area (Å²) in [7, 11) is 0. The van der Waals surface area contributed by atoms with Crippen molar-refractivity contribution in [2.45, 2.75) is 38.0 Å². The summed E-state index contributed by atoms with van der Waals surface area (Å²) in [4.78, 5) is 33.3. The molecule has 2 heterocycles. The van der Waals surface area contributed by atoms with E-state index in [2.05, 4.69) is 22.0 Å². The van der Waals surface area contributed by atoms with Crippen LogP contribution >= 0.6 is 0 Å². The molecule has 1 amide bonds. The highest BCUT2D eigenvalue weighted by Crippen LogP contribution is 2.32. The lowest BCUT2D eigenvalue weighted by molar-refractivity contribution is -0.126. The van der Waals surface area contributed by atoms with Crippen LogP contribution in [0.5, 0.6) is 0 Å². The predicted molar refractivity (Wildman–Crippen MR) is 119 cm³/mol. The van der Waals surface area contributed by atoms with Gasteiger partial charge in [-0.25, -0.2) is 4.98 Å². The summed E-state index contributed by atoms with van der Waals surface area (Å²) in [6, 6.07) is 13.8. The zero-order chi connectivity index (χ0) is 20.8. The maximum absolute atomic E-state index is 12.5. The standard InChI is InChI=1S/C25H29N3O2/c29-23(22-11-9-21(10-12-22)20-6-2-1-3-7-20)13-14-25(30)28-18-16-27(17-19-28)24-8-4-5-15-26-24/h4-5,8-15,20H,1-3,6-7,16-19H2/b14-13+. The van der Waals surface area contributed by atoms with Gasteiger partial charge in [0.1, 0.15) is 5.82 Å². The zero-order valence-corrected chi connectivity index (χ0v) is 17.4. The lowest BCUT2D eigenvalue weighted by atomic mass is 9.84. The second kappa shape index (κ2) is 9.70. The lowest BCUT2D eigenvalue weighted by Gasteiger charge is -2.34. The normalized spacial score (nSPS) is 18.0. The van der Waals surface area contributed by atoms with Crippen molar-refractivity contribution in [1.82, 2.24) is 9.88 Å². The SMILES string of the molecule is O=C(/C=C/C(=O)N1CCN(c2ccccn2)CC1)c1ccc(C2CCCCC2)cc1. The number of ketones is 1. The second-order valence-electron chi connectivity index (χ2n) is 8.15. The number of piperazine rings is 1. The minimum Gasteiger partial charge on any atom is -0.353 e. The van der Waals surface area contributed by atoms with E-state index in [0.29, 0.717) is 24.6 Å². The quantitative estimate of drug-likeness (QED) is 0.554. The van der Waals surface area contributed by atoms with Gasteiger partial charge >= 0.3 is 0 Å². The van der Waals surface area contributed by atoms with Gasteiger partial charge in [0.2, 0.25) is 5.91 Å². The van der Waals surface area contributed by atoms with E-state index in [9.17, 15) is 9.59 Å². The smallest absolute Gasteiger partial charge is 0.246 e. The molecule has 1 aromatic heterocycles. The van der Waals surface area contributed by atoms with E-state index in [1.807, 2.05) is 30.3 Å². The van der Waals surface area contributed by atoms with Crippen LogP contribution in [0.2, 0.25) is 0 Å². The molecule has 2 fully saturated rings. The summed E-state index contributed by atoms with van der Waals surface area (Å²) in [6.07, 6.45) is 11.0. The van der Waals surface area contributed by atoms with E-state index in [-0.39, 0.29) is 11.7 Å². The molecule has 4 rings (SSSR count). The van der Waals surface area contributed by atoms with Crippen molar-refractivity contribution >= 4 is 17.5 Å². The Morgan fingerprint density at radius 1 is 0.867 bits per heavy atom. The molecule has 1 aromatic carbocycles. The average Bonchev–Trinajstić information content (AvgIpc) is 2.83. The summed E-state index contributed by atoms with van der Waals surface area (Å²) in [5.74, 6) is 1.34. The third kappa shape index (κ3) is 4.96. The number of benzene rings is 1. The summed E-state index contributed by atoms with van der Waals surface area (Å²) < 4.78 is 0. The molecule has 2 aliphatic rings. The Balaban J connectivity index is 1.29. The molecule has 1 aliphatic heterocycles. The molecule has 30 heavy (non-hydrogen) atoms. The maximum Gasteiger partial charge on any atom is 0.246 e. The molecule has 2 aromatic rings. The Labute approximate surface area is 178 Å². The molecule has 0 radical (unpaired) electrons. The molecule has 5 nitrogen and oxygen atoms in total. The summed E-state index contributed by atoms with van der Waals surface area (Å²) in [6.45, 7) is 2.74. The van der Waals surface area contributed by atoms with Crippen LogP contribution in [0.1, 0.15) is 53.9 Å². The van der Waals surface area contributed by atoms with Crippen LogP contribution in [-0.4, -0.2) is 47.8 Å². The maximum atomic E-state index is 12.5. The number of rotatable bonds is 5. The fourth-order valence-corrected chi connectivity index (χ4v) is 4.40. The van der Waals surface area contributed by atoms with Crippen molar-refractivity contribution in [2.75, 3.05) is 31.1 Å². The van der Waals surface area contributed by atoms with E-state index in [1.54, 1.807) is 11.1 Å². The van der Waals surface area contributed by atoms with Crippen molar-refractivity contribution in [3.63, 3.8) is 0 Å². The first-order valence-corrected chi connectivity index (χ1v) is 11.0. The van der Waals surface area contributed by atoms with Crippen LogP contribution in [0.15, 0.2) is 60.8 Å². The highest BCUT2D eigenvalue weighted by molar-refractivity contribution is 6.07. The van der Waals surface area contributed by atoms with E-state index in [0.717, 1.165) is 18.9 Å². The van der Waals surface area contributed by atoms with Gasteiger partial charge in [-0.3, -0.25) is 9.59 Å².